The maximum Gasteiger partial charge on any atom is 0.246 e. The second-order valence-corrected chi connectivity index (χ2v) is 5.60. The molecule has 2 aliphatic rings. The summed E-state index contributed by atoms with van der Waals surface area (Å²) in [5, 5.41) is 0. The summed E-state index contributed by atoms with van der Waals surface area (Å²) in [5.41, 5.74) is 1.93. The van der Waals surface area contributed by atoms with Crippen molar-refractivity contribution in [2.45, 2.75) is 38.8 Å². The Balaban J connectivity index is 1.75. The minimum Gasteiger partial charge on any atom is -0.329 e. The van der Waals surface area contributed by atoms with Gasteiger partial charge in [-0.15, -0.1) is 0 Å². The lowest BCUT2D eigenvalue weighted by Crippen LogP contribution is -2.60. The van der Waals surface area contributed by atoms with Crippen molar-refractivity contribution in [2.75, 3.05) is 13.1 Å². The van der Waals surface area contributed by atoms with E-state index in [1.54, 1.807) is 16.0 Å². The van der Waals surface area contributed by atoms with Crippen molar-refractivity contribution in [1.29, 1.82) is 0 Å². The van der Waals surface area contributed by atoms with Crippen LogP contribution in [0.4, 0.5) is 0 Å². The molecular formula is C15H19N3O2. The van der Waals surface area contributed by atoms with E-state index in [4.69, 9.17) is 0 Å². The molecule has 0 aliphatic carbocycles. The van der Waals surface area contributed by atoms with Gasteiger partial charge in [-0.25, -0.2) is 0 Å². The molecule has 2 aliphatic heterocycles. The van der Waals surface area contributed by atoms with Gasteiger partial charge in [-0.1, -0.05) is 6.07 Å². The Hall–Kier alpha value is -1.91. The van der Waals surface area contributed by atoms with Gasteiger partial charge in [0.25, 0.3) is 0 Å². The second kappa shape index (κ2) is 5.23. The van der Waals surface area contributed by atoms with Gasteiger partial charge in [-0.3, -0.25) is 14.6 Å². The molecule has 0 spiro atoms. The molecule has 0 bridgehead atoms. The SMILES string of the molecule is Cc1ccc(CN2CC(=O)N3CCCCC3C2=O)cn1. The first-order chi connectivity index (χ1) is 9.65. The van der Waals surface area contributed by atoms with Crippen LogP contribution in [0, 0.1) is 6.92 Å². The van der Waals surface area contributed by atoms with Gasteiger partial charge >= 0.3 is 0 Å². The molecule has 3 heterocycles. The van der Waals surface area contributed by atoms with E-state index in [-0.39, 0.29) is 24.4 Å². The zero-order chi connectivity index (χ0) is 14.1. The van der Waals surface area contributed by atoms with Crippen LogP contribution >= 0.6 is 0 Å². The van der Waals surface area contributed by atoms with E-state index >= 15 is 0 Å². The summed E-state index contributed by atoms with van der Waals surface area (Å²) in [5.74, 6) is 0.166. The van der Waals surface area contributed by atoms with Crippen LogP contribution in [0.5, 0.6) is 0 Å². The molecule has 5 heteroatoms. The minimum atomic E-state index is -0.233. The zero-order valence-electron chi connectivity index (χ0n) is 11.7. The van der Waals surface area contributed by atoms with Gasteiger partial charge in [-0.2, -0.15) is 0 Å². The van der Waals surface area contributed by atoms with Crippen LogP contribution in [0.15, 0.2) is 18.3 Å². The van der Waals surface area contributed by atoms with Gasteiger partial charge in [0, 0.05) is 25.0 Å². The van der Waals surface area contributed by atoms with E-state index < -0.39 is 0 Å². The van der Waals surface area contributed by atoms with E-state index in [1.807, 2.05) is 19.1 Å². The Morgan fingerprint density at radius 2 is 2.15 bits per heavy atom. The van der Waals surface area contributed by atoms with E-state index in [0.29, 0.717) is 6.54 Å². The lowest BCUT2D eigenvalue weighted by atomic mass is 9.98. The Kier molecular flexibility index (Phi) is 3.42. The highest BCUT2D eigenvalue weighted by atomic mass is 16.2. The lowest BCUT2D eigenvalue weighted by Gasteiger charge is -2.42. The molecule has 1 atom stereocenters. The minimum absolute atomic E-state index is 0.0781. The van der Waals surface area contributed by atoms with Crippen LogP contribution in [0.1, 0.15) is 30.5 Å². The number of carbonyl (C=O) groups is 2. The van der Waals surface area contributed by atoms with Crippen molar-refractivity contribution in [2.24, 2.45) is 0 Å². The average Bonchev–Trinajstić information content (AvgIpc) is 2.47. The topological polar surface area (TPSA) is 53.5 Å². The number of pyridine rings is 1. The third-order valence-corrected chi connectivity index (χ3v) is 4.09. The van der Waals surface area contributed by atoms with E-state index in [1.165, 1.54) is 0 Å². The highest BCUT2D eigenvalue weighted by Gasteiger charge is 2.40. The molecule has 1 aromatic heterocycles. The first kappa shape index (κ1) is 13.1. The number of carbonyl (C=O) groups excluding carboxylic acids is 2. The third-order valence-electron chi connectivity index (χ3n) is 4.09. The second-order valence-electron chi connectivity index (χ2n) is 5.60. The van der Waals surface area contributed by atoms with Gasteiger partial charge in [0.15, 0.2) is 0 Å². The summed E-state index contributed by atoms with van der Waals surface area (Å²) in [6.07, 6.45) is 4.62. The molecule has 5 nitrogen and oxygen atoms in total. The first-order valence-electron chi connectivity index (χ1n) is 7.15. The fourth-order valence-electron chi connectivity index (χ4n) is 2.98. The fraction of sp³-hybridized carbons (Fsp3) is 0.533. The largest absolute Gasteiger partial charge is 0.329 e. The number of aryl methyl sites for hydroxylation is 1. The number of piperazine rings is 1. The summed E-state index contributed by atoms with van der Waals surface area (Å²) >= 11 is 0. The molecule has 0 N–H and O–H groups in total. The summed E-state index contributed by atoms with van der Waals surface area (Å²) in [6, 6.07) is 3.66. The molecular weight excluding hydrogens is 254 g/mol. The molecule has 106 valence electrons. The highest BCUT2D eigenvalue weighted by Crippen LogP contribution is 2.24. The van der Waals surface area contributed by atoms with Crippen molar-refractivity contribution >= 4 is 11.8 Å². The van der Waals surface area contributed by atoms with Gasteiger partial charge < -0.3 is 9.80 Å². The highest BCUT2D eigenvalue weighted by molar-refractivity contribution is 5.95. The maximum absolute atomic E-state index is 12.5. The van der Waals surface area contributed by atoms with Gasteiger partial charge in [-0.05, 0) is 37.8 Å². The number of nitrogens with zero attached hydrogens (tertiary/aromatic N) is 3. The van der Waals surface area contributed by atoms with Crippen molar-refractivity contribution in [3.8, 4) is 0 Å². The van der Waals surface area contributed by atoms with Crippen molar-refractivity contribution in [3.63, 3.8) is 0 Å². The van der Waals surface area contributed by atoms with Gasteiger partial charge in [0.05, 0.1) is 0 Å². The van der Waals surface area contributed by atoms with Gasteiger partial charge in [0.2, 0.25) is 11.8 Å². The predicted molar refractivity (Wildman–Crippen MR) is 73.7 cm³/mol. The van der Waals surface area contributed by atoms with E-state index in [9.17, 15) is 9.59 Å². The molecule has 3 rings (SSSR count). The number of piperidine rings is 1. The maximum atomic E-state index is 12.5. The third kappa shape index (κ3) is 2.40. The van der Waals surface area contributed by atoms with Crippen LogP contribution < -0.4 is 0 Å². The molecule has 2 amide bonds. The average molecular weight is 273 g/mol. The Bertz CT molecular complexity index is 526. The van der Waals surface area contributed by atoms with Crippen molar-refractivity contribution in [3.05, 3.63) is 29.6 Å². The Morgan fingerprint density at radius 3 is 2.90 bits per heavy atom. The van der Waals surface area contributed by atoms with Crippen LogP contribution in [-0.4, -0.2) is 45.7 Å². The van der Waals surface area contributed by atoms with Crippen LogP contribution in [-0.2, 0) is 16.1 Å². The molecule has 2 saturated heterocycles. The number of aromatic nitrogens is 1. The molecule has 20 heavy (non-hydrogen) atoms. The summed E-state index contributed by atoms with van der Waals surface area (Å²) < 4.78 is 0. The smallest absolute Gasteiger partial charge is 0.246 e. The monoisotopic (exact) mass is 273 g/mol. The van der Waals surface area contributed by atoms with Crippen molar-refractivity contribution < 1.29 is 9.59 Å². The molecule has 0 radical (unpaired) electrons. The summed E-state index contributed by atoms with van der Waals surface area (Å²) in [7, 11) is 0. The van der Waals surface area contributed by atoms with Crippen LogP contribution in [0.25, 0.3) is 0 Å². The number of amides is 2. The number of fused-ring (bicyclic) bond motifs is 1. The normalized spacial score (nSPS) is 22.9. The molecule has 2 fully saturated rings. The molecule has 0 aromatic carbocycles. The lowest BCUT2D eigenvalue weighted by molar-refractivity contribution is -0.158. The number of hydrogen-bond donors (Lipinski definition) is 0. The van der Waals surface area contributed by atoms with E-state index in [0.717, 1.165) is 37.1 Å². The van der Waals surface area contributed by atoms with Crippen molar-refractivity contribution in [1.82, 2.24) is 14.8 Å². The predicted octanol–water partition coefficient (Wildman–Crippen LogP) is 1.11. The first-order valence-corrected chi connectivity index (χ1v) is 7.15. The van der Waals surface area contributed by atoms with E-state index in [2.05, 4.69) is 4.98 Å². The summed E-state index contributed by atoms with van der Waals surface area (Å²) in [4.78, 5) is 32.3. The summed E-state index contributed by atoms with van der Waals surface area (Å²) in [6.45, 7) is 3.33. The number of hydrogen-bond acceptors (Lipinski definition) is 3. The quantitative estimate of drug-likeness (QED) is 0.811. The number of rotatable bonds is 2. The molecule has 1 aromatic rings. The van der Waals surface area contributed by atoms with Crippen LogP contribution in [0.2, 0.25) is 0 Å². The fourth-order valence-corrected chi connectivity index (χ4v) is 2.98. The Morgan fingerprint density at radius 1 is 1.30 bits per heavy atom. The molecule has 1 unspecified atom stereocenters. The zero-order valence-corrected chi connectivity index (χ0v) is 11.7. The van der Waals surface area contributed by atoms with Gasteiger partial charge in [0.1, 0.15) is 12.6 Å². The standard InChI is InChI=1S/C15H19N3O2/c1-11-5-6-12(8-16-11)9-17-10-14(19)18-7-3-2-4-13(18)15(17)20/h5-6,8,13H,2-4,7,9-10H2,1H3. The molecule has 0 saturated carbocycles. The van der Waals surface area contributed by atoms with Crippen LogP contribution in [0.3, 0.4) is 0 Å². The Labute approximate surface area is 118 Å².